The molecule has 0 spiro atoms. The SMILES string of the molecule is CC1(C)OB(c2ccc(Cl)c(OCc3ccc(F)cc3)c2)OC1(C)C. The Labute approximate surface area is 153 Å². The summed E-state index contributed by atoms with van der Waals surface area (Å²) in [4.78, 5) is 0. The molecule has 0 saturated carbocycles. The van der Waals surface area contributed by atoms with E-state index in [2.05, 4.69) is 0 Å². The number of halogens is 2. The lowest BCUT2D eigenvalue weighted by Gasteiger charge is -2.32. The Hall–Kier alpha value is -1.56. The number of benzene rings is 2. The molecule has 0 unspecified atom stereocenters. The van der Waals surface area contributed by atoms with Crippen molar-refractivity contribution in [3.8, 4) is 5.75 Å². The Bertz CT molecular complexity index is 746. The summed E-state index contributed by atoms with van der Waals surface area (Å²) < 4.78 is 30.9. The van der Waals surface area contributed by atoms with E-state index in [0.29, 0.717) is 17.4 Å². The maximum Gasteiger partial charge on any atom is 0.494 e. The van der Waals surface area contributed by atoms with Crippen LogP contribution in [0.3, 0.4) is 0 Å². The quantitative estimate of drug-likeness (QED) is 0.757. The summed E-state index contributed by atoms with van der Waals surface area (Å²) in [6.45, 7) is 8.33. The van der Waals surface area contributed by atoms with Crippen LogP contribution in [0.4, 0.5) is 4.39 Å². The van der Waals surface area contributed by atoms with E-state index in [1.165, 1.54) is 12.1 Å². The molecule has 0 aliphatic carbocycles. The van der Waals surface area contributed by atoms with Crippen LogP contribution in [-0.4, -0.2) is 18.3 Å². The molecule has 25 heavy (non-hydrogen) atoms. The third-order valence-electron chi connectivity index (χ3n) is 4.79. The van der Waals surface area contributed by atoms with Crippen molar-refractivity contribution in [2.45, 2.75) is 45.5 Å². The fourth-order valence-corrected chi connectivity index (χ4v) is 2.67. The van der Waals surface area contributed by atoms with Crippen LogP contribution in [0, 0.1) is 5.82 Å². The minimum atomic E-state index is -0.476. The molecule has 2 aromatic rings. The van der Waals surface area contributed by atoms with Gasteiger partial charge in [-0.1, -0.05) is 29.8 Å². The van der Waals surface area contributed by atoms with Crippen molar-refractivity contribution < 1.29 is 18.4 Å². The highest BCUT2D eigenvalue weighted by atomic mass is 35.5. The van der Waals surface area contributed by atoms with Crippen molar-refractivity contribution in [1.29, 1.82) is 0 Å². The Morgan fingerprint density at radius 1 is 1.00 bits per heavy atom. The summed E-state index contributed by atoms with van der Waals surface area (Å²) >= 11 is 6.24. The summed E-state index contributed by atoms with van der Waals surface area (Å²) in [7, 11) is -0.476. The number of rotatable bonds is 4. The molecule has 6 heteroatoms. The van der Waals surface area contributed by atoms with Gasteiger partial charge in [-0.25, -0.2) is 4.39 Å². The van der Waals surface area contributed by atoms with Crippen LogP contribution in [0.25, 0.3) is 0 Å². The van der Waals surface area contributed by atoms with Gasteiger partial charge in [0.25, 0.3) is 0 Å². The maximum atomic E-state index is 13.0. The predicted octanol–water partition coefficient (Wildman–Crippen LogP) is 4.36. The Morgan fingerprint density at radius 2 is 1.60 bits per heavy atom. The fourth-order valence-electron chi connectivity index (χ4n) is 2.50. The first-order valence-electron chi connectivity index (χ1n) is 8.20. The molecule has 0 N–H and O–H groups in total. The van der Waals surface area contributed by atoms with Gasteiger partial charge in [0.15, 0.2) is 0 Å². The number of hydrogen-bond donors (Lipinski definition) is 0. The zero-order valence-corrected chi connectivity index (χ0v) is 15.6. The molecule has 1 heterocycles. The van der Waals surface area contributed by atoms with Gasteiger partial charge in [0.2, 0.25) is 0 Å². The maximum absolute atomic E-state index is 13.0. The molecular weight excluding hydrogens is 341 g/mol. The van der Waals surface area contributed by atoms with Crippen LogP contribution >= 0.6 is 11.6 Å². The van der Waals surface area contributed by atoms with Crippen molar-refractivity contribution in [1.82, 2.24) is 0 Å². The van der Waals surface area contributed by atoms with Crippen molar-refractivity contribution in [3.05, 3.63) is 58.9 Å². The lowest BCUT2D eigenvalue weighted by molar-refractivity contribution is 0.00578. The highest BCUT2D eigenvalue weighted by molar-refractivity contribution is 6.62. The van der Waals surface area contributed by atoms with Crippen LogP contribution in [0.15, 0.2) is 42.5 Å². The second-order valence-electron chi connectivity index (χ2n) is 7.19. The van der Waals surface area contributed by atoms with E-state index in [0.717, 1.165) is 11.0 Å². The highest BCUT2D eigenvalue weighted by Gasteiger charge is 2.51. The van der Waals surface area contributed by atoms with Gasteiger partial charge >= 0.3 is 7.12 Å². The largest absolute Gasteiger partial charge is 0.494 e. The molecule has 0 bridgehead atoms. The molecule has 1 aliphatic heterocycles. The molecule has 2 aromatic carbocycles. The molecule has 1 aliphatic rings. The molecule has 132 valence electrons. The molecule has 0 atom stereocenters. The van der Waals surface area contributed by atoms with E-state index in [4.69, 9.17) is 25.6 Å². The Balaban J connectivity index is 1.76. The van der Waals surface area contributed by atoms with E-state index in [-0.39, 0.29) is 5.82 Å². The van der Waals surface area contributed by atoms with Gasteiger partial charge in [-0.2, -0.15) is 0 Å². The van der Waals surface area contributed by atoms with Gasteiger partial charge in [-0.3, -0.25) is 0 Å². The van der Waals surface area contributed by atoms with Crippen LogP contribution in [0.5, 0.6) is 5.75 Å². The molecule has 3 rings (SSSR count). The first-order chi connectivity index (χ1) is 11.7. The fraction of sp³-hybridized carbons (Fsp3) is 0.368. The zero-order chi connectivity index (χ0) is 18.2. The van der Waals surface area contributed by atoms with E-state index < -0.39 is 18.3 Å². The molecule has 0 aromatic heterocycles. The molecule has 3 nitrogen and oxygen atoms in total. The van der Waals surface area contributed by atoms with Crippen molar-refractivity contribution in [3.63, 3.8) is 0 Å². The van der Waals surface area contributed by atoms with E-state index in [1.807, 2.05) is 39.8 Å². The second-order valence-corrected chi connectivity index (χ2v) is 7.60. The third kappa shape index (κ3) is 3.84. The summed E-state index contributed by atoms with van der Waals surface area (Å²) in [5, 5.41) is 0.502. The molecule has 0 amide bonds. The zero-order valence-electron chi connectivity index (χ0n) is 14.8. The molecule has 0 radical (unpaired) electrons. The molecule has 1 saturated heterocycles. The van der Waals surface area contributed by atoms with Crippen molar-refractivity contribution in [2.75, 3.05) is 0 Å². The first-order valence-corrected chi connectivity index (χ1v) is 8.58. The molecular formula is C19H21BClFO3. The second kappa shape index (κ2) is 6.63. The van der Waals surface area contributed by atoms with Gasteiger partial charge in [-0.05, 0) is 63.0 Å². The number of hydrogen-bond acceptors (Lipinski definition) is 3. The standard InChI is InChI=1S/C19H21BClFO3/c1-18(2)19(3,4)25-20(24-18)14-7-10-16(21)17(11-14)23-12-13-5-8-15(22)9-6-13/h5-11H,12H2,1-4H3. The summed E-state index contributed by atoms with van der Waals surface area (Å²) in [6, 6.07) is 11.6. The van der Waals surface area contributed by atoms with E-state index in [1.54, 1.807) is 18.2 Å². The number of ether oxygens (including phenoxy) is 1. The Morgan fingerprint density at radius 3 is 2.20 bits per heavy atom. The minimum absolute atomic E-state index is 0.274. The summed E-state index contributed by atoms with van der Waals surface area (Å²) in [5.41, 5.74) is 0.884. The van der Waals surface area contributed by atoms with Gasteiger partial charge in [0, 0.05) is 0 Å². The van der Waals surface area contributed by atoms with Gasteiger partial charge in [0.1, 0.15) is 18.2 Å². The van der Waals surface area contributed by atoms with E-state index in [9.17, 15) is 4.39 Å². The van der Waals surface area contributed by atoms with Crippen LogP contribution < -0.4 is 10.2 Å². The summed E-state index contributed by atoms with van der Waals surface area (Å²) in [5.74, 6) is 0.266. The van der Waals surface area contributed by atoms with E-state index >= 15 is 0 Å². The predicted molar refractivity (Wildman–Crippen MR) is 97.9 cm³/mol. The average molecular weight is 363 g/mol. The minimum Gasteiger partial charge on any atom is -0.487 e. The normalized spacial score (nSPS) is 18.4. The first kappa shape index (κ1) is 18.2. The smallest absolute Gasteiger partial charge is 0.487 e. The monoisotopic (exact) mass is 362 g/mol. The van der Waals surface area contributed by atoms with Gasteiger partial charge in [-0.15, -0.1) is 0 Å². The van der Waals surface area contributed by atoms with Crippen molar-refractivity contribution >= 4 is 24.2 Å². The van der Waals surface area contributed by atoms with Gasteiger partial charge in [0.05, 0.1) is 16.2 Å². The van der Waals surface area contributed by atoms with Crippen molar-refractivity contribution in [2.24, 2.45) is 0 Å². The van der Waals surface area contributed by atoms with Crippen LogP contribution in [0.2, 0.25) is 5.02 Å². The highest BCUT2D eigenvalue weighted by Crippen LogP contribution is 2.37. The molecule has 1 fully saturated rings. The topological polar surface area (TPSA) is 27.7 Å². The van der Waals surface area contributed by atoms with Crippen LogP contribution in [0.1, 0.15) is 33.3 Å². The van der Waals surface area contributed by atoms with Crippen LogP contribution in [-0.2, 0) is 15.9 Å². The van der Waals surface area contributed by atoms with Gasteiger partial charge < -0.3 is 14.0 Å². The lowest BCUT2D eigenvalue weighted by atomic mass is 9.79. The third-order valence-corrected chi connectivity index (χ3v) is 5.10. The average Bonchev–Trinajstić information content (AvgIpc) is 2.76. The summed E-state index contributed by atoms with van der Waals surface area (Å²) in [6.07, 6.45) is 0. The lowest BCUT2D eigenvalue weighted by Crippen LogP contribution is -2.41. The Kier molecular flexibility index (Phi) is 4.84.